The number of hydrogen-bond acceptors (Lipinski definition) is 3. The molecule has 0 saturated heterocycles. The first-order valence-corrected chi connectivity index (χ1v) is 10.8. The average molecular weight is 379 g/mol. The lowest BCUT2D eigenvalue weighted by atomic mass is 9.96. The summed E-state index contributed by atoms with van der Waals surface area (Å²) in [4.78, 5) is 7.17. The lowest BCUT2D eigenvalue weighted by Crippen LogP contribution is -2.26. The summed E-state index contributed by atoms with van der Waals surface area (Å²) in [6, 6.07) is 8.07. The summed E-state index contributed by atoms with van der Waals surface area (Å²) >= 11 is 0. The van der Waals surface area contributed by atoms with E-state index in [1.807, 2.05) is 24.3 Å². The molecule has 1 heterocycles. The number of nitrogens with zero attached hydrogens (tertiary/aromatic N) is 2. The molecular formula is C25H34N2O. The first-order valence-electron chi connectivity index (χ1n) is 10.8. The Labute approximate surface area is 169 Å². The van der Waals surface area contributed by atoms with Gasteiger partial charge < -0.3 is 10.0 Å². The quantitative estimate of drug-likeness (QED) is 0.597. The predicted molar refractivity (Wildman–Crippen MR) is 119 cm³/mol. The van der Waals surface area contributed by atoms with Gasteiger partial charge in [0.1, 0.15) is 11.3 Å². The van der Waals surface area contributed by atoms with Gasteiger partial charge in [-0.25, -0.2) is 4.98 Å². The van der Waals surface area contributed by atoms with Gasteiger partial charge in [0.2, 0.25) is 0 Å². The molecule has 0 radical (unpaired) electrons. The molecule has 0 atom stereocenters. The Morgan fingerprint density at radius 2 is 1.75 bits per heavy atom. The highest BCUT2D eigenvalue weighted by Gasteiger charge is 2.14. The van der Waals surface area contributed by atoms with Crippen LogP contribution in [0.15, 0.2) is 43.0 Å². The Morgan fingerprint density at radius 3 is 2.46 bits per heavy atom. The molecule has 28 heavy (non-hydrogen) atoms. The second kappa shape index (κ2) is 10.4. The molecule has 1 saturated carbocycles. The van der Waals surface area contributed by atoms with Crippen LogP contribution in [0.2, 0.25) is 0 Å². The maximum Gasteiger partial charge on any atom is 0.149 e. The van der Waals surface area contributed by atoms with Crippen molar-refractivity contribution in [2.45, 2.75) is 57.9 Å². The largest absolute Gasteiger partial charge is 0.505 e. The normalized spacial score (nSPS) is 16.9. The lowest BCUT2D eigenvalue weighted by Gasteiger charge is -2.23. The topological polar surface area (TPSA) is 36.4 Å². The van der Waals surface area contributed by atoms with Crippen molar-refractivity contribution in [3.63, 3.8) is 0 Å². The number of phenols is 1. The molecule has 0 bridgehead atoms. The molecule has 0 amide bonds. The molecule has 3 rings (SSSR count). The summed E-state index contributed by atoms with van der Waals surface area (Å²) in [7, 11) is 2.20. The van der Waals surface area contributed by atoms with Gasteiger partial charge in [0.05, 0.1) is 5.69 Å². The maximum atomic E-state index is 10.6. The van der Waals surface area contributed by atoms with Gasteiger partial charge >= 0.3 is 0 Å². The average Bonchev–Trinajstić information content (AvgIpc) is 2.82. The number of aromatic hydroxyl groups is 1. The summed E-state index contributed by atoms with van der Waals surface area (Å²) < 4.78 is 0. The first kappa shape index (κ1) is 20.6. The van der Waals surface area contributed by atoms with Crippen molar-refractivity contribution < 1.29 is 5.11 Å². The summed E-state index contributed by atoms with van der Waals surface area (Å²) in [6.45, 7) is 5.64. The molecule has 0 spiro atoms. The van der Waals surface area contributed by atoms with E-state index in [0.717, 1.165) is 35.7 Å². The number of hydrogen-bond donors (Lipinski definition) is 1. The van der Waals surface area contributed by atoms with Crippen LogP contribution in [0.1, 0.15) is 62.6 Å². The van der Waals surface area contributed by atoms with E-state index in [9.17, 15) is 5.11 Å². The van der Waals surface area contributed by atoms with E-state index >= 15 is 0 Å². The number of benzene rings is 1. The first-order chi connectivity index (χ1) is 13.7. The van der Waals surface area contributed by atoms with E-state index in [0.29, 0.717) is 5.52 Å². The molecule has 0 aliphatic heterocycles. The number of fused-ring (bicyclic) bond motifs is 1. The van der Waals surface area contributed by atoms with Crippen LogP contribution in [-0.2, 0) is 6.54 Å². The monoisotopic (exact) mass is 378 g/mol. The zero-order valence-electron chi connectivity index (χ0n) is 17.2. The number of aromatic nitrogens is 1. The molecule has 1 fully saturated rings. The standard InChI is InChI=1S/C25H34N2O/c1-3-4-13-22-15-14-21-16-17-23(26-24(21)25(22)28)19-27(2)18-20-11-9-7-5-6-8-10-12-20/h3-4,13-17,20,28H,1,5-12,18-19H2,2H3/b13-4-. The van der Waals surface area contributed by atoms with Crippen LogP contribution in [0, 0.1) is 5.92 Å². The van der Waals surface area contributed by atoms with Crippen LogP contribution in [0.5, 0.6) is 5.75 Å². The number of rotatable bonds is 6. The van der Waals surface area contributed by atoms with Crippen LogP contribution in [0.3, 0.4) is 0 Å². The molecule has 1 aliphatic carbocycles. The van der Waals surface area contributed by atoms with Crippen molar-refractivity contribution in [1.29, 1.82) is 0 Å². The molecule has 1 aliphatic rings. The minimum atomic E-state index is 0.247. The van der Waals surface area contributed by atoms with Crippen LogP contribution in [-0.4, -0.2) is 28.6 Å². The van der Waals surface area contributed by atoms with E-state index in [2.05, 4.69) is 30.7 Å². The van der Waals surface area contributed by atoms with Crippen molar-refractivity contribution in [2.24, 2.45) is 5.92 Å². The van der Waals surface area contributed by atoms with Gasteiger partial charge in [-0.15, -0.1) is 0 Å². The van der Waals surface area contributed by atoms with Crippen LogP contribution in [0.25, 0.3) is 17.0 Å². The van der Waals surface area contributed by atoms with Gasteiger partial charge in [-0.3, -0.25) is 0 Å². The number of allylic oxidation sites excluding steroid dienone is 2. The van der Waals surface area contributed by atoms with E-state index < -0.39 is 0 Å². The fraction of sp³-hybridized carbons (Fsp3) is 0.480. The second-order valence-electron chi connectivity index (χ2n) is 8.23. The Kier molecular flexibility index (Phi) is 7.67. The zero-order chi connectivity index (χ0) is 19.8. The molecule has 1 N–H and O–H groups in total. The van der Waals surface area contributed by atoms with Crippen LogP contribution >= 0.6 is 0 Å². The summed E-state index contributed by atoms with van der Waals surface area (Å²) in [5.74, 6) is 1.05. The van der Waals surface area contributed by atoms with Gasteiger partial charge in [-0.1, -0.05) is 81.5 Å². The summed E-state index contributed by atoms with van der Waals surface area (Å²) in [6.07, 6.45) is 16.5. The van der Waals surface area contributed by atoms with Gasteiger partial charge in [0, 0.05) is 24.0 Å². The SMILES string of the molecule is C=C/C=C\c1ccc2ccc(CN(C)CC3CCCCCCCC3)nc2c1O. The van der Waals surface area contributed by atoms with E-state index in [4.69, 9.17) is 4.98 Å². The zero-order valence-corrected chi connectivity index (χ0v) is 17.2. The molecule has 1 aromatic carbocycles. The Hall–Kier alpha value is -2.13. The van der Waals surface area contributed by atoms with Crippen molar-refractivity contribution >= 4 is 17.0 Å². The third-order valence-electron chi connectivity index (χ3n) is 5.81. The van der Waals surface area contributed by atoms with Crippen LogP contribution < -0.4 is 0 Å². The fourth-order valence-electron chi connectivity index (χ4n) is 4.31. The predicted octanol–water partition coefficient (Wildman–Crippen LogP) is 6.32. The molecule has 3 nitrogen and oxygen atoms in total. The molecular weight excluding hydrogens is 344 g/mol. The number of pyridine rings is 1. The molecule has 1 aromatic heterocycles. The van der Waals surface area contributed by atoms with Crippen molar-refractivity contribution in [1.82, 2.24) is 9.88 Å². The smallest absolute Gasteiger partial charge is 0.149 e. The highest BCUT2D eigenvalue weighted by atomic mass is 16.3. The van der Waals surface area contributed by atoms with Gasteiger partial charge in [-0.2, -0.15) is 0 Å². The highest BCUT2D eigenvalue weighted by molar-refractivity contribution is 5.88. The summed E-state index contributed by atoms with van der Waals surface area (Å²) in [5.41, 5.74) is 2.47. The molecule has 150 valence electrons. The van der Waals surface area contributed by atoms with E-state index in [1.54, 1.807) is 6.08 Å². The Balaban J connectivity index is 1.69. The third kappa shape index (κ3) is 5.68. The van der Waals surface area contributed by atoms with E-state index in [-0.39, 0.29) is 5.75 Å². The minimum absolute atomic E-state index is 0.247. The van der Waals surface area contributed by atoms with Crippen LogP contribution in [0.4, 0.5) is 0 Å². The maximum absolute atomic E-state index is 10.6. The highest BCUT2D eigenvalue weighted by Crippen LogP contribution is 2.29. The third-order valence-corrected chi connectivity index (χ3v) is 5.81. The molecule has 3 heteroatoms. The van der Waals surface area contributed by atoms with E-state index in [1.165, 1.54) is 51.4 Å². The summed E-state index contributed by atoms with van der Waals surface area (Å²) in [5, 5.41) is 11.6. The second-order valence-corrected chi connectivity index (χ2v) is 8.23. The Bertz CT molecular complexity index is 802. The Morgan fingerprint density at radius 1 is 1.07 bits per heavy atom. The van der Waals surface area contributed by atoms with Gasteiger partial charge in [0.15, 0.2) is 0 Å². The number of phenolic OH excluding ortho intramolecular Hbond substituents is 1. The molecule has 2 aromatic rings. The molecule has 0 unspecified atom stereocenters. The van der Waals surface area contributed by atoms with Gasteiger partial charge in [0.25, 0.3) is 0 Å². The van der Waals surface area contributed by atoms with Crippen molar-refractivity contribution in [3.05, 3.63) is 54.3 Å². The van der Waals surface area contributed by atoms with Crippen molar-refractivity contribution in [2.75, 3.05) is 13.6 Å². The van der Waals surface area contributed by atoms with Gasteiger partial charge in [-0.05, 0) is 31.9 Å². The fourth-order valence-corrected chi connectivity index (χ4v) is 4.31. The lowest BCUT2D eigenvalue weighted by molar-refractivity contribution is 0.245. The van der Waals surface area contributed by atoms with Crippen molar-refractivity contribution in [3.8, 4) is 5.75 Å². The minimum Gasteiger partial charge on any atom is -0.505 e.